The second kappa shape index (κ2) is 11.0. The van der Waals surface area contributed by atoms with Crippen molar-refractivity contribution in [1.29, 1.82) is 0 Å². The molecule has 0 aromatic heterocycles. The number of carbonyl (C=O) groups excluding carboxylic acids is 2. The van der Waals surface area contributed by atoms with E-state index < -0.39 is 0 Å². The molecule has 1 aliphatic heterocycles. The Morgan fingerprint density at radius 1 is 1.14 bits per heavy atom. The average Bonchev–Trinajstić information content (AvgIpc) is 3.18. The third-order valence-electron chi connectivity index (χ3n) is 5.59. The number of ether oxygens (including phenoxy) is 2. The maximum absolute atomic E-state index is 13.0. The Balaban J connectivity index is 2.05. The molecule has 1 aromatic rings. The zero-order chi connectivity index (χ0) is 21.4. The fourth-order valence-corrected chi connectivity index (χ4v) is 3.78. The van der Waals surface area contributed by atoms with E-state index in [1.807, 2.05) is 18.2 Å². The van der Waals surface area contributed by atoms with E-state index in [1.165, 1.54) is 0 Å². The first-order valence-electron chi connectivity index (χ1n) is 10.3. The summed E-state index contributed by atoms with van der Waals surface area (Å²) in [6.07, 6.45) is 3.17. The van der Waals surface area contributed by atoms with Crippen molar-refractivity contribution in [1.82, 2.24) is 14.7 Å². The Hall–Kier alpha value is -2.28. The van der Waals surface area contributed by atoms with Gasteiger partial charge in [-0.05, 0) is 50.0 Å². The lowest BCUT2D eigenvalue weighted by Crippen LogP contribution is -2.47. The van der Waals surface area contributed by atoms with E-state index in [0.717, 1.165) is 31.5 Å². The lowest BCUT2D eigenvalue weighted by atomic mass is 10.1. The van der Waals surface area contributed by atoms with Gasteiger partial charge in [0.15, 0.2) is 11.5 Å². The van der Waals surface area contributed by atoms with E-state index in [2.05, 4.69) is 11.8 Å². The van der Waals surface area contributed by atoms with Crippen LogP contribution in [0.25, 0.3) is 0 Å². The third-order valence-corrected chi connectivity index (χ3v) is 5.59. The van der Waals surface area contributed by atoms with Crippen molar-refractivity contribution >= 4 is 11.8 Å². The van der Waals surface area contributed by atoms with Gasteiger partial charge in [-0.1, -0.05) is 13.0 Å². The number of amides is 2. The highest BCUT2D eigenvalue weighted by atomic mass is 16.5. The summed E-state index contributed by atoms with van der Waals surface area (Å²) in [4.78, 5) is 31.0. The van der Waals surface area contributed by atoms with Crippen LogP contribution in [0.1, 0.15) is 31.7 Å². The number of benzene rings is 1. The molecule has 0 radical (unpaired) electrons. The standard InChI is InChI=1S/C22H35N3O4/c1-6-24-13-7-8-18(24)15-25(16-22(27)23(2)3)21(26)12-10-17-9-11-19(28-4)20(14-17)29-5/h9,11,14,18H,6-8,10,12-13,15-16H2,1-5H3/t18-/m0/s1. The maximum Gasteiger partial charge on any atom is 0.241 e. The van der Waals surface area contributed by atoms with E-state index in [-0.39, 0.29) is 18.4 Å². The average molecular weight is 406 g/mol. The topological polar surface area (TPSA) is 62.3 Å². The van der Waals surface area contributed by atoms with E-state index >= 15 is 0 Å². The van der Waals surface area contributed by atoms with Gasteiger partial charge in [0.1, 0.15) is 0 Å². The Labute approximate surface area is 174 Å². The van der Waals surface area contributed by atoms with E-state index in [9.17, 15) is 9.59 Å². The first-order valence-corrected chi connectivity index (χ1v) is 10.3. The van der Waals surface area contributed by atoms with Crippen molar-refractivity contribution in [3.8, 4) is 11.5 Å². The Morgan fingerprint density at radius 3 is 2.48 bits per heavy atom. The predicted molar refractivity (Wildman–Crippen MR) is 113 cm³/mol. The molecule has 7 nitrogen and oxygen atoms in total. The van der Waals surface area contributed by atoms with Crippen LogP contribution in [0.2, 0.25) is 0 Å². The molecule has 0 N–H and O–H groups in total. The first kappa shape index (κ1) is 23.0. The Bertz CT molecular complexity index is 693. The maximum atomic E-state index is 13.0. The molecule has 1 heterocycles. The molecular formula is C22H35N3O4. The molecule has 1 saturated heterocycles. The van der Waals surface area contributed by atoms with Crippen LogP contribution < -0.4 is 9.47 Å². The second-order valence-electron chi connectivity index (χ2n) is 7.68. The van der Waals surface area contributed by atoms with Crippen molar-refractivity contribution in [3.05, 3.63) is 23.8 Å². The molecule has 162 valence electrons. The van der Waals surface area contributed by atoms with Gasteiger partial charge >= 0.3 is 0 Å². The van der Waals surface area contributed by atoms with Gasteiger partial charge in [0.25, 0.3) is 0 Å². The summed E-state index contributed by atoms with van der Waals surface area (Å²) in [6.45, 7) is 4.92. The predicted octanol–water partition coefficient (Wildman–Crippen LogP) is 2.04. The lowest BCUT2D eigenvalue weighted by molar-refractivity contribution is -0.139. The fraction of sp³-hybridized carbons (Fsp3) is 0.636. The summed E-state index contributed by atoms with van der Waals surface area (Å²) in [5.74, 6) is 1.28. The number of hydrogen-bond donors (Lipinski definition) is 0. The van der Waals surface area contributed by atoms with Gasteiger partial charge in [-0.3, -0.25) is 14.5 Å². The number of nitrogens with zero attached hydrogens (tertiary/aromatic N) is 3. The molecule has 0 bridgehead atoms. The summed E-state index contributed by atoms with van der Waals surface area (Å²) >= 11 is 0. The SMILES string of the molecule is CCN1CCC[C@H]1CN(CC(=O)N(C)C)C(=O)CCc1ccc(OC)c(OC)c1. The minimum Gasteiger partial charge on any atom is -0.493 e. The number of methoxy groups -OCH3 is 2. The molecule has 1 atom stereocenters. The summed E-state index contributed by atoms with van der Waals surface area (Å²) in [6, 6.07) is 6.03. The zero-order valence-corrected chi connectivity index (χ0v) is 18.4. The number of likely N-dealkylation sites (tertiary alicyclic amines) is 1. The minimum atomic E-state index is -0.0505. The first-order chi connectivity index (χ1) is 13.9. The van der Waals surface area contributed by atoms with Gasteiger partial charge in [-0.15, -0.1) is 0 Å². The second-order valence-corrected chi connectivity index (χ2v) is 7.68. The van der Waals surface area contributed by atoms with Crippen molar-refractivity contribution < 1.29 is 19.1 Å². The lowest BCUT2D eigenvalue weighted by Gasteiger charge is -2.30. The van der Waals surface area contributed by atoms with E-state index in [1.54, 1.807) is 38.1 Å². The third kappa shape index (κ3) is 6.35. The van der Waals surface area contributed by atoms with Gasteiger partial charge < -0.3 is 19.3 Å². The molecule has 1 aliphatic rings. The van der Waals surface area contributed by atoms with Crippen molar-refractivity contribution in [2.75, 3.05) is 54.5 Å². The van der Waals surface area contributed by atoms with Gasteiger partial charge in [-0.25, -0.2) is 0 Å². The van der Waals surface area contributed by atoms with E-state index in [4.69, 9.17) is 9.47 Å². The largest absolute Gasteiger partial charge is 0.493 e. The van der Waals surface area contributed by atoms with Crippen LogP contribution in [0.15, 0.2) is 18.2 Å². The molecule has 1 aromatic carbocycles. The Kier molecular flexibility index (Phi) is 8.76. The van der Waals surface area contributed by atoms with Crippen LogP contribution >= 0.6 is 0 Å². The Morgan fingerprint density at radius 2 is 1.86 bits per heavy atom. The van der Waals surface area contributed by atoms with Crippen LogP contribution in [0.4, 0.5) is 0 Å². The summed E-state index contributed by atoms with van der Waals surface area (Å²) in [7, 11) is 6.65. The monoisotopic (exact) mass is 405 g/mol. The molecule has 7 heteroatoms. The molecule has 0 saturated carbocycles. The van der Waals surface area contributed by atoms with E-state index in [0.29, 0.717) is 36.9 Å². The van der Waals surface area contributed by atoms with Gasteiger partial charge in [0.2, 0.25) is 11.8 Å². The van der Waals surface area contributed by atoms with Crippen molar-refractivity contribution in [2.45, 2.75) is 38.6 Å². The highest BCUT2D eigenvalue weighted by Gasteiger charge is 2.28. The molecule has 0 aliphatic carbocycles. The summed E-state index contributed by atoms with van der Waals surface area (Å²) < 4.78 is 10.6. The minimum absolute atomic E-state index is 0.0120. The number of hydrogen-bond acceptors (Lipinski definition) is 5. The van der Waals surface area contributed by atoms with Crippen molar-refractivity contribution in [3.63, 3.8) is 0 Å². The molecule has 0 spiro atoms. The summed E-state index contributed by atoms with van der Waals surface area (Å²) in [5, 5.41) is 0. The quantitative estimate of drug-likeness (QED) is 0.596. The molecular weight excluding hydrogens is 370 g/mol. The van der Waals surface area contributed by atoms with Crippen LogP contribution in [-0.2, 0) is 16.0 Å². The molecule has 2 amide bonds. The van der Waals surface area contributed by atoms with Crippen LogP contribution in [-0.4, -0.2) is 87.0 Å². The van der Waals surface area contributed by atoms with Gasteiger partial charge in [0, 0.05) is 33.1 Å². The van der Waals surface area contributed by atoms with Crippen LogP contribution in [0.3, 0.4) is 0 Å². The number of rotatable bonds is 10. The van der Waals surface area contributed by atoms with Crippen molar-refractivity contribution in [2.24, 2.45) is 0 Å². The normalized spacial score (nSPS) is 16.5. The molecule has 2 rings (SSSR count). The highest BCUT2D eigenvalue weighted by Crippen LogP contribution is 2.28. The number of likely N-dealkylation sites (N-methyl/N-ethyl adjacent to an activating group) is 2. The van der Waals surface area contributed by atoms with Crippen LogP contribution in [0, 0.1) is 0 Å². The number of aryl methyl sites for hydroxylation is 1. The fourth-order valence-electron chi connectivity index (χ4n) is 3.78. The molecule has 29 heavy (non-hydrogen) atoms. The summed E-state index contributed by atoms with van der Waals surface area (Å²) in [5.41, 5.74) is 1.01. The zero-order valence-electron chi connectivity index (χ0n) is 18.4. The van der Waals surface area contributed by atoms with Gasteiger partial charge in [-0.2, -0.15) is 0 Å². The smallest absolute Gasteiger partial charge is 0.241 e. The molecule has 1 fully saturated rings. The molecule has 0 unspecified atom stereocenters. The van der Waals surface area contributed by atoms with Crippen LogP contribution in [0.5, 0.6) is 11.5 Å². The van der Waals surface area contributed by atoms with Gasteiger partial charge in [0.05, 0.1) is 20.8 Å². The number of carbonyl (C=O) groups is 2. The highest BCUT2D eigenvalue weighted by molar-refractivity contribution is 5.84.